The second kappa shape index (κ2) is 10.00. The minimum absolute atomic E-state index is 0.0442. The van der Waals surface area contributed by atoms with E-state index in [1.54, 1.807) is 0 Å². The van der Waals surface area contributed by atoms with Crippen molar-refractivity contribution in [1.29, 1.82) is 0 Å². The van der Waals surface area contributed by atoms with E-state index in [4.69, 9.17) is 0 Å². The minimum atomic E-state index is -0.136. The SMILES string of the molecule is Cc1ccc(-c2nnn(CC(=O)NCCN3CCN(C(=O)C4CCCC4)CC3)n2)cc1. The maximum absolute atomic E-state index is 12.5. The number of carbonyl (C=O) groups is 2. The number of rotatable bonds is 7. The molecule has 2 aromatic rings. The lowest BCUT2D eigenvalue weighted by Gasteiger charge is -2.36. The molecule has 2 amide bonds. The zero-order valence-electron chi connectivity index (χ0n) is 18.2. The van der Waals surface area contributed by atoms with Gasteiger partial charge in [0.2, 0.25) is 17.6 Å². The van der Waals surface area contributed by atoms with E-state index in [0.29, 0.717) is 18.3 Å². The van der Waals surface area contributed by atoms with Crippen molar-refractivity contribution in [2.45, 2.75) is 39.2 Å². The number of nitrogens with one attached hydrogen (secondary N) is 1. The molecule has 1 aliphatic carbocycles. The molecule has 0 radical (unpaired) electrons. The molecule has 1 aliphatic heterocycles. The van der Waals surface area contributed by atoms with Crippen LogP contribution in [0.5, 0.6) is 0 Å². The highest BCUT2D eigenvalue weighted by molar-refractivity contribution is 5.79. The third-order valence-corrected chi connectivity index (χ3v) is 6.19. The van der Waals surface area contributed by atoms with Crippen LogP contribution < -0.4 is 5.32 Å². The van der Waals surface area contributed by atoms with Crippen LogP contribution in [-0.2, 0) is 16.1 Å². The Kier molecular flexibility index (Phi) is 6.91. The average molecular weight is 426 g/mol. The molecule has 0 atom stereocenters. The van der Waals surface area contributed by atoms with Crippen LogP contribution in [0.1, 0.15) is 31.2 Å². The maximum Gasteiger partial charge on any atom is 0.243 e. The highest BCUT2D eigenvalue weighted by Gasteiger charge is 2.29. The minimum Gasteiger partial charge on any atom is -0.353 e. The number of aryl methyl sites for hydroxylation is 1. The number of piperazine rings is 1. The Labute approximate surface area is 182 Å². The van der Waals surface area contributed by atoms with Gasteiger partial charge in [-0.3, -0.25) is 14.5 Å². The van der Waals surface area contributed by atoms with Crippen molar-refractivity contribution >= 4 is 11.8 Å². The van der Waals surface area contributed by atoms with Gasteiger partial charge in [-0.15, -0.1) is 10.2 Å². The molecule has 2 aliphatic rings. The van der Waals surface area contributed by atoms with Crippen LogP contribution in [0, 0.1) is 12.8 Å². The summed E-state index contributed by atoms with van der Waals surface area (Å²) in [5.74, 6) is 0.972. The lowest BCUT2D eigenvalue weighted by molar-refractivity contribution is -0.137. The van der Waals surface area contributed by atoms with Crippen molar-refractivity contribution in [3.8, 4) is 11.4 Å². The van der Waals surface area contributed by atoms with Gasteiger partial charge in [-0.2, -0.15) is 4.80 Å². The fraction of sp³-hybridized carbons (Fsp3) is 0.591. The zero-order valence-corrected chi connectivity index (χ0v) is 18.2. The molecule has 9 nitrogen and oxygen atoms in total. The second-order valence-corrected chi connectivity index (χ2v) is 8.51. The van der Waals surface area contributed by atoms with Gasteiger partial charge in [0.05, 0.1) is 0 Å². The summed E-state index contributed by atoms with van der Waals surface area (Å²) in [6, 6.07) is 7.87. The third-order valence-electron chi connectivity index (χ3n) is 6.19. The van der Waals surface area contributed by atoms with Crippen molar-refractivity contribution in [3.63, 3.8) is 0 Å². The number of benzene rings is 1. The molecule has 0 bridgehead atoms. The Balaban J connectivity index is 1.15. The van der Waals surface area contributed by atoms with Gasteiger partial charge in [-0.05, 0) is 25.0 Å². The molecular weight excluding hydrogens is 394 g/mol. The summed E-state index contributed by atoms with van der Waals surface area (Å²) in [6.45, 7) is 6.70. The van der Waals surface area contributed by atoms with Crippen LogP contribution >= 0.6 is 0 Å². The molecule has 166 valence electrons. The molecule has 1 saturated heterocycles. The van der Waals surface area contributed by atoms with Crippen molar-refractivity contribution in [2.75, 3.05) is 39.3 Å². The van der Waals surface area contributed by atoms with Crippen molar-refractivity contribution in [3.05, 3.63) is 29.8 Å². The van der Waals surface area contributed by atoms with E-state index in [-0.39, 0.29) is 18.4 Å². The first-order valence-corrected chi connectivity index (χ1v) is 11.2. The number of aromatic nitrogens is 4. The number of hydrogen-bond donors (Lipinski definition) is 1. The van der Waals surface area contributed by atoms with Crippen molar-refractivity contribution in [2.24, 2.45) is 5.92 Å². The van der Waals surface area contributed by atoms with E-state index in [2.05, 4.69) is 25.6 Å². The number of tetrazole rings is 1. The van der Waals surface area contributed by atoms with Crippen LogP contribution in [-0.4, -0.2) is 81.1 Å². The fourth-order valence-corrected chi connectivity index (χ4v) is 4.29. The second-order valence-electron chi connectivity index (χ2n) is 8.51. The Bertz CT molecular complexity index is 882. The smallest absolute Gasteiger partial charge is 0.243 e. The maximum atomic E-state index is 12.5. The van der Waals surface area contributed by atoms with E-state index >= 15 is 0 Å². The van der Waals surface area contributed by atoms with Crippen LogP contribution in [0.4, 0.5) is 0 Å². The van der Waals surface area contributed by atoms with E-state index in [0.717, 1.165) is 56.7 Å². The molecule has 1 aromatic carbocycles. The van der Waals surface area contributed by atoms with Gasteiger partial charge in [0, 0.05) is 50.7 Å². The molecule has 9 heteroatoms. The zero-order chi connectivity index (χ0) is 21.6. The summed E-state index contributed by atoms with van der Waals surface area (Å²) < 4.78 is 0. The molecule has 0 unspecified atom stereocenters. The largest absolute Gasteiger partial charge is 0.353 e. The van der Waals surface area contributed by atoms with Crippen LogP contribution in [0.15, 0.2) is 24.3 Å². The van der Waals surface area contributed by atoms with Gasteiger partial charge in [-0.1, -0.05) is 42.7 Å². The number of amides is 2. The Morgan fingerprint density at radius 3 is 2.48 bits per heavy atom. The predicted octanol–water partition coefficient (Wildman–Crippen LogP) is 1.10. The molecule has 1 saturated carbocycles. The summed E-state index contributed by atoms with van der Waals surface area (Å²) in [7, 11) is 0. The lowest BCUT2D eigenvalue weighted by Crippen LogP contribution is -2.51. The summed E-state index contributed by atoms with van der Waals surface area (Å²) in [6.07, 6.45) is 4.48. The molecular formula is C22H31N7O2. The molecule has 1 aromatic heterocycles. The molecule has 2 heterocycles. The first-order valence-electron chi connectivity index (χ1n) is 11.2. The normalized spacial score (nSPS) is 17.8. The van der Waals surface area contributed by atoms with Gasteiger partial charge in [0.25, 0.3) is 0 Å². The van der Waals surface area contributed by atoms with Gasteiger partial charge in [0.1, 0.15) is 6.54 Å². The topological polar surface area (TPSA) is 96.3 Å². The monoisotopic (exact) mass is 425 g/mol. The Morgan fingerprint density at radius 2 is 1.77 bits per heavy atom. The van der Waals surface area contributed by atoms with Crippen LogP contribution in [0.2, 0.25) is 0 Å². The highest BCUT2D eigenvalue weighted by atomic mass is 16.2. The van der Waals surface area contributed by atoms with Crippen LogP contribution in [0.25, 0.3) is 11.4 Å². The third kappa shape index (κ3) is 5.66. The predicted molar refractivity (Wildman–Crippen MR) is 116 cm³/mol. The van der Waals surface area contributed by atoms with Crippen molar-refractivity contribution < 1.29 is 9.59 Å². The van der Waals surface area contributed by atoms with Gasteiger partial charge < -0.3 is 10.2 Å². The van der Waals surface area contributed by atoms with E-state index < -0.39 is 0 Å². The highest BCUT2D eigenvalue weighted by Crippen LogP contribution is 2.26. The van der Waals surface area contributed by atoms with Gasteiger partial charge >= 0.3 is 0 Å². The summed E-state index contributed by atoms with van der Waals surface area (Å²) in [4.78, 5) is 30.4. The lowest BCUT2D eigenvalue weighted by atomic mass is 10.1. The molecule has 31 heavy (non-hydrogen) atoms. The Morgan fingerprint density at radius 1 is 1.06 bits per heavy atom. The van der Waals surface area contributed by atoms with Gasteiger partial charge in [-0.25, -0.2) is 0 Å². The first-order chi connectivity index (χ1) is 15.1. The average Bonchev–Trinajstić information content (AvgIpc) is 3.47. The molecule has 1 N–H and O–H groups in total. The van der Waals surface area contributed by atoms with Crippen LogP contribution in [0.3, 0.4) is 0 Å². The molecule has 0 spiro atoms. The van der Waals surface area contributed by atoms with E-state index in [9.17, 15) is 9.59 Å². The summed E-state index contributed by atoms with van der Waals surface area (Å²) in [5, 5.41) is 15.2. The molecule has 4 rings (SSSR count). The van der Waals surface area contributed by atoms with E-state index in [1.807, 2.05) is 36.1 Å². The number of nitrogens with zero attached hydrogens (tertiary/aromatic N) is 6. The van der Waals surface area contributed by atoms with Gasteiger partial charge in [0.15, 0.2) is 0 Å². The summed E-state index contributed by atoms with van der Waals surface area (Å²) in [5.41, 5.74) is 2.04. The Hall–Kier alpha value is -2.81. The first kappa shape index (κ1) is 21.4. The van der Waals surface area contributed by atoms with E-state index in [1.165, 1.54) is 17.6 Å². The summed E-state index contributed by atoms with van der Waals surface area (Å²) >= 11 is 0. The molecule has 2 fully saturated rings. The fourth-order valence-electron chi connectivity index (χ4n) is 4.29. The standard InChI is InChI=1S/C22H31N7O2/c1-17-6-8-18(9-7-17)21-24-26-29(25-21)16-20(30)23-10-11-27-12-14-28(15-13-27)22(31)19-4-2-3-5-19/h6-9,19H,2-5,10-16H2,1H3,(H,23,30). The quantitative estimate of drug-likeness (QED) is 0.714. The van der Waals surface area contributed by atoms with Crippen molar-refractivity contribution in [1.82, 2.24) is 35.3 Å². The number of hydrogen-bond acceptors (Lipinski definition) is 6. The number of carbonyl (C=O) groups excluding carboxylic acids is 2.